The third kappa shape index (κ3) is 2.29. The average molecular weight is 254 g/mol. The van der Waals surface area contributed by atoms with Gasteiger partial charge in [0.15, 0.2) is 5.82 Å². The lowest BCUT2D eigenvalue weighted by atomic mass is 10.2. The number of rotatable bonds is 2. The maximum atomic E-state index is 11.0. The van der Waals surface area contributed by atoms with Gasteiger partial charge in [-0.3, -0.25) is 0 Å². The van der Waals surface area contributed by atoms with Gasteiger partial charge in [0.1, 0.15) is 0 Å². The van der Waals surface area contributed by atoms with Crippen LogP contribution in [0.25, 0.3) is 11.4 Å². The van der Waals surface area contributed by atoms with Crippen LogP contribution in [0.2, 0.25) is 0 Å². The molecule has 0 aliphatic heterocycles. The number of sulfonamides is 1. The maximum Gasteiger partial charge on any atom is 0.273 e. The second-order valence-electron chi connectivity index (χ2n) is 3.49. The second-order valence-corrected chi connectivity index (χ2v) is 4.97. The largest absolute Gasteiger partial charge is 0.273 e. The lowest BCUT2D eigenvalue weighted by molar-refractivity contribution is 0.589. The van der Waals surface area contributed by atoms with E-state index < -0.39 is 10.0 Å². The monoisotopic (exact) mass is 254 g/mol. The summed E-state index contributed by atoms with van der Waals surface area (Å²) in [4.78, 5) is 3.81. The van der Waals surface area contributed by atoms with Crippen LogP contribution in [0.1, 0.15) is 11.4 Å². The van der Waals surface area contributed by atoms with E-state index in [0.717, 1.165) is 0 Å². The minimum absolute atomic E-state index is 0.226. The molecule has 0 atom stereocenters. The normalized spacial score (nSPS) is 11.7. The van der Waals surface area contributed by atoms with Crippen molar-refractivity contribution < 1.29 is 8.42 Å². The highest BCUT2D eigenvalue weighted by atomic mass is 32.2. The van der Waals surface area contributed by atoms with Crippen LogP contribution in [0.15, 0.2) is 11.2 Å². The number of aromatic amines is 1. The molecule has 0 unspecified atom stereocenters. The van der Waals surface area contributed by atoms with E-state index in [-0.39, 0.29) is 11.0 Å². The lowest BCUT2D eigenvalue weighted by Gasteiger charge is -1.99. The minimum atomic E-state index is -3.88. The fraction of sp³-hybridized carbons (Fsp3) is 0.250. The number of aryl methyl sites for hydroxylation is 2. The second kappa shape index (κ2) is 3.86. The molecule has 8 nitrogen and oxygen atoms in total. The van der Waals surface area contributed by atoms with Crippen LogP contribution < -0.4 is 5.14 Å². The Kier molecular flexibility index (Phi) is 2.63. The summed E-state index contributed by atoms with van der Waals surface area (Å²) in [5.41, 5.74) is 1.91. The molecule has 0 amide bonds. The first-order valence-electron chi connectivity index (χ1n) is 4.64. The smallest absolute Gasteiger partial charge is 0.248 e. The van der Waals surface area contributed by atoms with Crippen molar-refractivity contribution in [3.63, 3.8) is 0 Å². The molecular formula is C8H10N6O2S. The number of primary sulfonamides is 1. The minimum Gasteiger partial charge on any atom is -0.248 e. The van der Waals surface area contributed by atoms with E-state index in [1.807, 2.05) is 0 Å². The van der Waals surface area contributed by atoms with Gasteiger partial charge in [0.05, 0.1) is 11.4 Å². The molecule has 0 saturated carbocycles. The van der Waals surface area contributed by atoms with Gasteiger partial charge >= 0.3 is 0 Å². The molecule has 0 fully saturated rings. The molecule has 17 heavy (non-hydrogen) atoms. The third-order valence-corrected chi connectivity index (χ3v) is 2.80. The molecule has 2 heterocycles. The van der Waals surface area contributed by atoms with Crippen molar-refractivity contribution in [1.82, 2.24) is 25.4 Å². The van der Waals surface area contributed by atoms with Crippen molar-refractivity contribution in [3.05, 3.63) is 17.5 Å². The zero-order valence-corrected chi connectivity index (χ0v) is 9.98. The van der Waals surface area contributed by atoms with Gasteiger partial charge < -0.3 is 0 Å². The Morgan fingerprint density at radius 2 is 2.00 bits per heavy atom. The van der Waals surface area contributed by atoms with Crippen LogP contribution >= 0.6 is 0 Å². The Bertz CT molecular complexity index is 662. The van der Waals surface area contributed by atoms with Crippen LogP contribution in [-0.2, 0) is 10.0 Å². The van der Waals surface area contributed by atoms with Gasteiger partial charge in [-0.2, -0.15) is 20.3 Å². The number of H-pyrrole nitrogens is 1. The Labute approximate surface area is 97.3 Å². The first-order chi connectivity index (χ1) is 7.88. The van der Waals surface area contributed by atoms with Gasteiger partial charge in [-0.1, -0.05) is 0 Å². The summed E-state index contributed by atoms with van der Waals surface area (Å²) in [6.45, 7) is 3.50. The van der Waals surface area contributed by atoms with E-state index in [1.165, 1.54) is 0 Å². The summed E-state index contributed by atoms with van der Waals surface area (Å²) in [6, 6.07) is 1.72. The molecule has 2 aromatic heterocycles. The highest BCUT2D eigenvalue weighted by Crippen LogP contribution is 2.18. The molecule has 9 heteroatoms. The first-order valence-corrected chi connectivity index (χ1v) is 6.19. The molecule has 0 saturated heterocycles. The summed E-state index contributed by atoms with van der Waals surface area (Å²) in [5.74, 6) is 0.226. The molecule has 90 valence electrons. The van der Waals surface area contributed by atoms with E-state index in [2.05, 4.69) is 25.4 Å². The predicted octanol–water partition coefficient (Wildman–Crippen LogP) is -0.474. The zero-order valence-electron chi connectivity index (χ0n) is 9.17. The quantitative estimate of drug-likeness (QED) is 0.745. The van der Waals surface area contributed by atoms with Crippen molar-refractivity contribution in [2.24, 2.45) is 5.14 Å². The summed E-state index contributed by atoms with van der Waals surface area (Å²) in [7, 11) is -3.88. The van der Waals surface area contributed by atoms with Gasteiger partial charge in [-0.15, -0.1) is 0 Å². The summed E-state index contributed by atoms with van der Waals surface area (Å²) in [5, 5.41) is 18.4. The molecule has 0 aliphatic rings. The van der Waals surface area contributed by atoms with Crippen LogP contribution in [0, 0.1) is 13.8 Å². The van der Waals surface area contributed by atoms with Crippen LogP contribution in [0.4, 0.5) is 0 Å². The van der Waals surface area contributed by atoms with Gasteiger partial charge in [-0.05, 0) is 19.9 Å². The molecule has 0 bridgehead atoms. The number of aromatic nitrogens is 5. The number of nitrogens with zero attached hydrogens (tertiary/aromatic N) is 4. The summed E-state index contributed by atoms with van der Waals surface area (Å²) in [6.07, 6.45) is 0. The van der Waals surface area contributed by atoms with Crippen molar-refractivity contribution in [3.8, 4) is 11.4 Å². The van der Waals surface area contributed by atoms with Crippen molar-refractivity contribution in [2.75, 3.05) is 0 Å². The molecular weight excluding hydrogens is 244 g/mol. The fourth-order valence-electron chi connectivity index (χ4n) is 1.27. The summed E-state index contributed by atoms with van der Waals surface area (Å²) < 4.78 is 22.1. The van der Waals surface area contributed by atoms with E-state index in [1.54, 1.807) is 19.9 Å². The SMILES string of the molecule is Cc1cc(-c2n[nH]c(S(N)(=O)=O)n2)c(C)nn1. The van der Waals surface area contributed by atoms with Gasteiger partial charge in [0.2, 0.25) is 0 Å². The van der Waals surface area contributed by atoms with Crippen LogP contribution in [0.5, 0.6) is 0 Å². The lowest BCUT2D eigenvalue weighted by Crippen LogP contribution is -2.13. The molecule has 0 aromatic carbocycles. The van der Waals surface area contributed by atoms with Crippen molar-refractivity contribution in [1.29, 1.82) is 0 Å². The van der Waals surface area contributed by atoms with Crippen molar-refractivity contribution >= 4 is 10.0 Å². The number of hydrogen-bond donors (Lipinski definition) is 2. The molecule has 2 aromatic rings. The molecule has 3 N–H and O–H groups in total. The standard InChI is InChI=1S/C8H10N6O2S/c1-4-3-6(5(2)12-11-4)7-10-8(14-13-7)17(9,15)16/h3H,1-2H3,(H2,9,15,16)(H,10,13,14). The van der Waals surface area contributed by atoms with Gasteiger partial charge in [0, 0.05) is 5.56 Å². The highest BCUT2D eigenvalue weighted by molar-refractivity contribution is 7.89. The Balaban J connectivity index is 2.55. The predicted molar refractivity (Wildman–Crippen MR) is 58.3 cm³/mol. The van der Waals surface area contributed by atoms with Crippen LogP contribution in [-0.4, -0.2) is 33.8 Å². The van der Waals surface area contributed by atoms with Crippen LogP contribution in [0.3, 0.4) is 0 Å². The van der Waals surface area contributed by atoms with Gasteiger partial charge in [-0.25, -0.2) is 18.7 Å². The average Bonchev–Trinajstić information content (AvgIpc) is 2.70. The fourth-order valence-corrected chi connectivity index (χ4v) is 1.66. The van der Waals surface area contributed by atoms with Gasteiger partial charge in [0.25, 0.3) is 15.2 Å². The van der Waals surface area contributed by atoms with E-state index in [0.29, 0.717) is 17.0 Å². The Morgan fingerprint density at radius 1 is 1.29 bits per heavy atom. The molecule has 0 spiro atoms. The zero-order chi connectivity index (χ0) is 12.6. The molecule has 2 rings (SSSR count). The number of nitrogens with two attached hydrogens (primary N) is 1. The molecule has 0 aliphatic carbocycles. The number of nitrogens with one attached hydrogen (secondary N) is 1. The highest BCUT2D eigenvalue weighted by Gasteiger charge is 2.16. The third-order valence-electron chi connectivity index (χ3n) is 2.08. The van der Waals surface area contributed by atoms with E-state index in [9.17, 15) is 8.42 Å². The summed E-state index contributed by atoms with van der Waals surface area (Å²) >= 11 is 0. The Morgan fingerprint density at radius 3 is 2.59 bits per heavy atom. The van der Waals surface area contributed by atoms with Crippen molar-refractivity contribution in [2.45, 2.75) is 19.0 Å². The van der Waals surface area contributed by atoms with E-state index >= 15 is 0 Å². The van der Waals surface area contributed by atoms with E-state index in [4.69, 9.17) is 5.14 Å². The Hall–Kier alpha value is -1.87. The molecule has 0 radical (unpaired) electrons. The number of hydrogen-bond acceptors (Lipinski definition) is 6. The maximum absolute atomic E-state index is 11.0. The topological polar surface area (TPSA) is 128 Å². The first kappa shape index (κ1) is 11.6.